The minimum Gasteiger partial charge on any atom is -0.369 e. The molecule has 30 heavy (non-hydrogen) atoms. The molecule has 0 aliphatic carbocycles. The van der Waals surface area contributed by atoms with E-state index in [1.807, 2.05) is 25.1 Å². The fraction of sp³-hybridized carbons (Fsp3) is 0.364. The van der Waals surface area contributed by atoms with Crippen LogP contribution in [-0.4, -0.2) is 56.0 Å². The smallest absolute Gasteiger partial charge is 0.243 e. The van der Waals surface area contributed by atoms with Crippen LogP contribution in [0.2, 0.25) is 10.0 Å². The van der Waals surface area contributed by atoms with Gasteiger partial charge < -0.3 is 15.5 Å². The number of hydrogen-bond donors (Lipinski definition) is 2. The number of hydrogen-bond acceptors (Lipinski definition) is 4. The first-order valence-corrected chi connectivity index (χ1v) is 10.6. The topological polar surface area (TPSA) is 64.7 Å². The molecule has 6 nitrogen and oxygen atoms in total. The van der Waals surface area contributed by atoms with E-state index >= 15 is 0 Å². The number of piperazine rings is 1. The average molecular weight is 449 g/mol. The first-order chi connectivity index (χ1) is 14.3. The maximum atomic E-state index is 12.3. The van der Waals surface area contributed by atoms with Crippen molar-refractivity contribution >= 4 is 46.4 Å². The summed E-state index contributed by atoms with van der Waals surface area (Å²) in [5.41, 5.74) is 3.77. The summed E-state index contributed by atoms with van der Waals surface area (Å²) in [6.45, 7) is 7.29. The predicted octanol–water partition coefficient (Wildman–Crippen LogP) is 3.49. The van der Waals surface area contributed by atoms with E-state index in [1.54, 1.807) is 18.2 Å². The van der Waals surface area contributed by atoms with E-state index < -0.39 is 0 Å². The molecule has 160 valence electrons. The lowest BCUT2D eigenvalue weighted by molar-refractivity contribution is -0.125. The summed E-state index contributed by atoms with van der Waals surface area (Å²) in [4.78, 5) is 28.8. The molecule has 8 heteroatoms. The first-order valence-electron chi connectivity index (χ1n) is 9.88. The van der Waals surface area contributed by atoms with Crippen molar-refractivity contribution in [1.82, 2.24) is 10.2 Å². The minimum absolute atomic E-state index is 0.0769. The standard InChI is InChI=1S/C22H26Cl2N4O2/c1-15-6-7-17(23)12-20(15)28-10-8-27(9-11-28)14-22(30)25-13-21(29)26-19-5-3-4-18(24)16(19)2/h3-7,12H,8-11,13-14H2,1-2H3,(H,25,30)(H,26,29). The van der Waals surface area contributed by atoms with Gasteiger partial charge in [0.25, 0.3) is 0 Å². The Morgan fingerprint density at radius 3 is 2.47 bits per heavy atom. The van der Waals surface area contributed by atoms with Crippen LogP contribution < -0.4 is 15.5 Å². The number of nitrogens with zero attached hydrogens (tertiary/aromatic N) is 2. The van der Waals surface area contributed by atoms with Crippen LogP contribution in [0.4, 0.5) is 11.4 Å². The Balaban J connectivity index is 1.42. The number of carbonyl (C=O) groups excluding carboxylic acids is 2. The average Bonchev–Trinajstić information content (AvgIpc) is 2.72. The Morgan fingerprint density at radius 2 is 1.73 bits per heavy atom. The van der Waals surface area contributed by atoms with Crippen molar-refractivity contribution in [2.24, 2.45) is 0 Å². The molecule has 2 aromatic rings. The number of anilines is 2. The lowest BCUT2D eigenvalue weighted by Gasteiger charge is -2.36. The Morgan fingerprint density at radius 1 is 1.00 bits per heavy atom. The lowest BCUT2D eigenvalue weighted by Crippen LogP contribution is -2.50. The van der Waals surface area contributed by atoms with E-state index in [0.717, 1.165) is 42.5 Å². The van der Waals surface area contributed by atoms with Crippen LogP contribution in [0.1, 0.15) is 11.1 Å². The van der Waals surface area contributed by atoms with Crippen LogP contribution in [0.15, 0.2) is 36.4 Å². The molecule has 1 fully saturated rings. The van der Waals surface area contributed by atoms with Gasteiger partial charge in [0.2, 0.25) is 11.8 Å². The zero-order valence-electron chi connectivity index (χ0n) is 17.2. The molecule has 0 radical (unpaired) electrons. The Kier molecular flexibility index (Phi) is 7.58. The number of nitrogens with one attached hydrogen (secondary N) is 2. The molecular weight excluding hydrogens is 423 g/mol. The largest absolute Gasteiger partial charge is 0.369 e. The monoisotopic (exact) mass is 448 g/mol. The Labute approximate surface area is 187 Å². The van der Waals surface area contributed by atoms with Crippen molar-refractivity contribution < 1.29 is 9.59 Å². The number of rotatable bonds is 6. The highest BCUT2D eigenvalue weighted by atomic mass is 35.5. The molecule has 2 aromatic carbocycles. The Bertz CT molecular complexity index is 927. The quantitative estimate of drug-likeness (QED) is 0.709. The molecule has 1 heterocycles. The van der Waals surface area contributed by atoms with Crippen molar-refractivity contribution in [2.75, 3.05) is 49.5 Å². The molecule has 0 saturated carbocycles. The van der Waals surface area contributed by atoms with E-state index in [1.165, 1.54) is 5.56 Å². The number of benzene rings is 2. The maximum Gasteiger partial charge on any atom is 0.243 e. The van der Waals surface area contributed by atoms with Gasteiger partial charge in [-0.3, -0.25) is 14.5 Å². The van der Waals surface area contributed by atoms with Gasteiger partial charge in [-0.2, -0.15) is 0 Å². The third kappa shape index (κ3) is 5.88. The molecule has 2 amide bonds. The number of aryl methyl sites for hydroxylation is 1. The van der Waals surface area contributed by atoms with Gasteiger partial charge in [-0.1, -0.05) is 35.3 Å². The maximum absolute atomic E-state index is 12.3. The third-order valence-electron chi connectivity index (χ3n) is 5.24. The second-order valence-electron chi connectivity index (χ2n) is 7.43. The van der Waals surface area contributed by atoms with Crippen molar-refractivity contribution in [2.45, 2.75) is 13.8 Å². The Hall–Kier alpha value is -2.28. The van der Waals surface area contributed by atoms with Crippen LogP contribution in [0.5, 0.6) is 0 Å². The number of carbonyl (C=O) groups is 2. The van der Waals surface area contributed by atoms with Crippen LogP contribution in [0.25, 0.3) is 0 Å². The summed E-state index contributed by atoms with van der Waals surface area (Å²) in [7, 11) is 0. The number of halogens is 2. The van der Waals surface area contributed by atoms with Crippen LogP contribution in [-0.2, 0) is 9.59 Å². The molecular formula is C22H26Cl2N4O2. The van der Waals surface area contributed by atoms with Crippen molar-refractivity contribution in [1.29, 1.82) is 0 Å². The lowest BCUT2D eigenvalue weighted by atomic mass is 10.1. The van der Waals surface area contributed by atoms with Gasteiger partial charge in [-0.05, 0) is 49.2 Å². The normalized spacial score (nSPS) is 14.5. The zero-order valence-corrected chi connectivity index (χ0v) is 18.7. The summed E-state index contributed by atoms with van der Waals surface area (Å²) >= 11 is 12.2. The first kappa shape index (κ1) is 22.4. The van der Waals surface area contributed by atoms with Gasteiger partial charge in [-0.15, -0.1) is 0 Å². The van der Waals surface area contributed by atoms with Crippen molar-refractivity contribution in [3.05, 3.63) is 57.6 Å². The van der Waals surface area contributed by atoms with Crippen LogP contribution in [0, 0.1) is 13.8 Å². The van der Waals surface area contributed by atoms with E-state index in [2.05, 4.69) is 27.4 Å². The molecule has 0 spiro atoms. The molecule has 1 aliphatic rings. The van der Waals surface area contributed by atoms with E-state index in [4.69, 9.17) is 23.2 Å². The second-order valence-corrected chi connectivity index (χ2v) is 8.27. The van der Waals surface area contributed by atoms with Gasteiger partial charge in [0.1, 0.15) is 0 Å². The highest BCUT2D eigenvalue weighted by molar-refractivity contribution is 6.31. The van der Waals surface area contributed by atoms with Gasteiger partial charge in [0.05, 0.1) is 13.1 Å². The molecule has 0 aromatic heterocycles. The fourth-order valence-electron chi connectivity index (χ4n) is 3.45. The SMILES string of the molecule is Cc1ccc(Cl)cc1N1CCN(CC(=O)NCC(=O)Nc2cccc(Cl)c2C)CC1. The molecule has 1 saturated heterocycles. The molecule has 0 bridgehead atoms. The second kappa shape index (κ2) is 10.2. The van der Waals surface area contributed by atoms with Crippen LogP contribution in [0.3, 0.4) is 0 Å². The summed E-state index contributed by atoms with van der Waals surface area (Å²) in [5.74, 6) is -0.449. The molecule has 2 N–H and O–H groups in total. The summed E-state index contributed by atoms with van der Waals surface area (Å²) in [6, 6.07) is 11.2. The van der Waals surface area contributed by atoms with E-state index in [0.29, 0.717) is 10.7 Å². The molecule has 1 aliphatic heterocycles. The van der Waals surface area contributed by atoms with Crippen molar-refractivity contribution in [3.8, 4) is 0 Å². The summed E-state index contributed by atoms with van der Waals surface area (Å²) in [6.07, 6.45) is 0. The summed E-state index contributed by atoms with van der Waals surface area (Å²) < 4.78 is 0. The fourth-order valence-corrected chi connectivity index (χ4v) is 3.79. The van der Waals surface area contributed by atoms with Gasteiger partial charge in [0, 0.05) is 47.6 Å². The highest BCUT2D eigenvalue weighted by Gasteiger charge is 2.20. The van der Waals surface area contributed by atoms with Gasteiger partial charge >= 0.3 is 0 Å². The molecule has 3 rings (SSSR count). The zero-order chi connectivity index (χ0) is 21.7. The van der Waals surface area contributed by atoms with Gasteiger partial charge in [-0.25, -0.2) is 0 Å². The predicted molar refractivity (Wildman–Crippen MR) is 123 cm³/mol. The third-order valence-corrected chi connectivity index (χ3v) is 5.88. The minimum atomic E-state index is -0.282. The molecule has 0 unspecified atom stereocenters. The van der Waals surface area contributed by atoms with Crippen LogP contribution >= 0.6 is 23.2 Å². The van der Waals surface area contributed by atoms with Gasteiger partial charge in [0.15, 0.2) is 0 Å². The van der Waals surface area contributed by atoms with E-state index in [-0.39, 0.29) is 24.9 Å². The van der Waals surface area contributed by atoms with E-state index in [9.17, 15) is 9.59 Å². The number of amides is 2. The summed E-state index contributed by atoms with van der Waals surface area (Å²) in [5, 5.41) is 6.77. The highest BCUT2D eigenvalue weighted by Crippen LogP contribution is 2.25. The molecule has 0 atom stereocenters. The van der Waals surface area contributed by atoms with Crippen molar-refractivity contribution in [3.63, 3.8) is 0 Å².